The molecule has 0 fully saturated rings. The van der Waals surface area contributed by atoms with Crippen molar-refractivity contribution in [1.82, 2.24) is 10.0 Å². The normalized spacial score (nSPS) is 12.2. The van der Waals surface area contributed by atoms with Crippen molar-refractivity contribution in [2.75, 3.05) is 19.8 Å². The standard InChI is InChI=1S/C12H22N2O3S2/c1-4-17-6-5-14-19(15,16)12-7-11(18-9-12)8-13-10(2)3/h7,9-10,13-14H,4-6,8H2,1-3H3. The largest absolute Gasteiger partial charge is 0.380 e. The third-order valence-electron chi connectivity index (χ3n) is 2.37. The summed E-state index contributed by atoms with van der Waals surface area (Å²) in [6.45, 7) is 7.96. The van der Waals surface area contributed by atoms with Crippen LogP contribution in [-0.4, -0.2) is 34.2 Å². The van der Waals surface area contributed by atoms with Gasteiger partial charge in [0.1, 0.15) is 0 Å². The molecule has 5 nitrogen and oxygen atoms in total. The lowest BCUT2D eigenvalue weighted by Gasteiger charge is -2.06. The van der Waals surface area contributed by atoms with Gasteiger partial charge in [0.05, 0.1) is 11.5 Å². The first-order valence-electron chi connectivity index (χ1n) is 6.34. The van der Waals surface area contributed by atoms with E-state index in [-0.39, 0.29) is 0 Å². The molecular formula is C12H22N2O3S2. The summed E-state index contributed by atoms with van der Waals surface area (Å²) in [6, 6.07) is 2.09. The van der Waals surface area contributed by atoms with E-state index < -0.39 is 10.0 Å². The van der Waals surface area contributed by atoms with Crippen LogP contribution < -0.4 is 10.0 Å². The fraction of sp³-hybridized carbons (Fsp3) is 0.667. The van der Waals surface area contributed by atoms with E-state index in [0.717, 1.165) is 4.88 Å². The van der Waals surface area contributed by atoms with Gasteiger partial charge in [-0.3, -0.25) is 0 Å². The van der Waals surface area contributed by atoms with Gasteiger partial charge in [-0.05, 0) is 13.0 Å². The first-order chi connectivity index (χ1) is 8.95. The molecule has 0 aliphatic rings. The van der Waals surface area contributed by atoms with Crippen LogP contribution in [0.15, 0.2) is 16.3 Å². The molecule has 0 aromatic carbocycles. The van der Waals surface area contributed by atoms with Crippen molar-refractivity contribution in [1.29, 1.82) is 0 Å². The van der Waals surface area contributed by atoms with Crippen LogP contribution in [0.25, 0.3) is 0 Å². The summed E-state index contributed by atoms with van der Waals surface area (Å²) in [6.07, 6.45) is 0. The van der Waals surface area contributed by atoms with Crippen molar-refractivity contribution in [3.8, 4) is 0 Å². The molecule has 110 valence electrons. The van der Waals surface area contributed by atoms with Gasteiger partial charge in [-0.15, -0.1) is 11.3 Å². The molecule has 0 saturated carbocycles. The number of rotatable bonds is 9. The Labute approximate surface area is 119 Å². The minimum atomic E-state index is -3.41. The highest BCUT2D eigenvalue weighted by molar-refractivity contribution is 7.89. The van der Waals surface area contributed by atoms with E-state index in [1.807, 2.05) is 6.92 Å². The SMILES string of the molecule is CCOCCNS(=O)(=O)c1csc(CNC(C)C)c1. The molecule has 0 aliphatic carbocycles. The molecule has 1 heterocycles. The molecule has 0 atom stereocenters. The zero-order valence-corrected chi connectivity index (χ0v) is 13.2. The van der Waals surface area contributed by atoms with Gasteiger partial charge in [-0.25, -0.2) is 13.1 Å². The fourth-order valence-corrected chi connectivity index (χ4v) is 3.61. The van der Waals surface area contributed by atoms with Crippen molar-refractivity contribution in [3.63, 3.8) is 0 Å². The Hall–Kier alpha value is -0.470. The van der Waals surface area contributed by atoms with Gasteiger partial charge in [0.2, 0.25) is 10.0 Å². The third-order valence-corrected chi connectivity index (χ3v) is 4.89. The molecule has 1 aromatic heterocycles. The highest BCUT2D eigenvalue weighted by atomic mass is 32.2. The van der Waals surface area contributed by atoms with E-state index in [1.165, 1.54) is 11.3 Å². The van der Waals surface area contributed by atoms with Crippen molar-refractivity contribution in [2.24, 2.45) is 0 Å². The van der Waals surface area contributed by atoms with Crippen LogP contribution in [0.2, 0.25) is 0 Å². The number of ether oxygens (including phenoxy) is 1. The second kappa shape index (κ2) is 7.96. The smallest absolute Gasteiger partial charge is 0.241 e. The van der Waals surface area contributed by atoms with Crippen LogP contribution in [-0.2, 0) is 21.3 Å². The molecule has 0 saturated heterocycles. The summed E-state index contributed by atoms with van der Waals surface area (Å²) in [5.74, 6) is 0. The Kier molecular flexibility index (Phi) is 6.95. The first-order valence-corrected chi connectivity index (χ1v) is 8.70. The maximum atomic E-state index is 12.0. The average Bonchev–Trinajstić information content (AvgIpc) is 2.82. The predicted octanol–water partition coefficient (Wildman–Crippen LogP) is 1.56. The Morgan fingerprint density at radius 1 is 1.42 bits per heavy atom. The molecule has 0 aliphatic heterocycles. The fourth-order valence-electron chi connectivity index (χ4n) is 1.37. The van der Waals surface area contributed by atoms with Gasteiger partial charge in [-0.2, -0.15) is 0 Å². The van der Waals surface area contributed by atoms with E-state index in [2.05, 4.69) is 23.9 Å². The summed E-state index contributed by atoms with van der Waals surface area (Å²) in [5.41, 5.74) is 0. The maximum absolute atomic E-state index is 12.0. The van der Waals surface area contributed by atoms with Crippen molar-refractivity contribution in [3.05, 3.63) is 16.3 Å². The van der Waals surface area contributed by atoms with Crippen LogP contribution in [0.4, 0.5) is 0 Å². The summed E-state index contributed by atoms with van der Waals surface area (Å²) < 4.78 is 31.6. The van der Waals surface area contributed by atoms with E-state index in [1.54, 1.807) is 11.4 Å². The van der Waals surface area contributed by atoms with Crippen molar-refractivity contribution >= 4 is 21.4 Å². The van der Waals surface area contributed by atoms with Crippen molar-refractivity contribution in [2.45, 2.75) is 38.3 Å². The molecule has 1 aromatic rings. The monoisotopic (exact) mass is 306 g/mol. The second-order valence-electron chi connectivity index (χ2n) is 4.38. The Balaban J connectivity index is 2.53. The number of sulfonamides is 1. The molecule has 7 heteroatoms. The number of thiophene rings is 1. The minimum absolute atomic E-state index is 0.297. The second-order valence-corrected chi connectivity index (χ2v) is 7.14. The average molecular weight is 306 g/mol. The van der Waals surface area contributed by atoms with E-state index in [4.69, 9.17) is 4.74 Å². The van der Waals surface area contributed by atoms with Gasteiger partial charge < -0.3 is 10.1 Å². The lowest BCUT2D eigenvalue weighted by molar-refractivity contribution is 0.153. The van der Waals surface area contributed by atoms with Crippen LogP contribution in [0, 0.1) is 0 Å². The van der Waals surface area contributed by atoms with E-state index in [0.29, 0.717) is 37.2 Å². The van der Waals surface area contributed by atoms with Crippen LogP contribution in [0.3, 0.4) is 0 Å². The van der Waals surface area contributed by atoms with Gasteiger partial charge in [-0.1, -0.05) is 13.8 Å². The Morgan fingerprint density at radius 3 is 2.79 bits per heavy atom. The molecule has 2 N–H and O–H groups in total. The number of nitrogens with one attached hydrogen (secondary N) is 2. The first kappa shape index (κ1) is 16.6. The van der Waals surface area contributed by atoms with Gasteiger partial charge in [0, 0.05) is 36.0 Å². The van der Waals surface area contributed by atoms with Crippen LogP contribution >= 0.6 is 11.3 Å². The van der Waals surface area contributed by atoms with Crippen LogP contribution in [0.5, 0.6) is 0 Å². The number of hydrogen-bond donors (Lipinski definition) is 2. The third kappa shape index (κ3) is 6.01. The van der Waals surface area contributed by atoms with Gasteiger partial charge in [0.25, 0.3) is 0 Å². The molecule has 0 amide bonds. The number of hydrogen-bond acceptors (Lipinski definition) is 5. The quantitative estimate of drug-likeness (QED) is 0.680. The zero-order chi connectivity index (χ0) is 14.3. The van der Waals surface area contributed by atoms with E-state index in [9.17, 15) is 8.42 Å². The molecule has 0 unspecified atom stereocenters. The molecule has 0 radical (unpaired) electrons. The predicted molar refractivity (Wildman–Crippen MR) is 78.0 cm³/mol. The summed E-state index contributed by atoms with van der Waals surface area (Å²) >= 11 is 1.45. The summed E-state index contributed by atoms with van der Waals surface area (Å²) in [4.78, 5) is 1.34. The molecule has 0 bridgehead atoms. The Morgan fingerprint density at radius 2 is 2.16 bits per heavy atom. The van der Waals surface area contributed by atoms with E-state index >= 15 is 0 Å². The molecule has 0 spiro atoms. The summed E-state index contributed by atoms with van der Waals surface area (Å²) in [7, 11) is -3.41. The highest BCUT2D eigenvalue weighted by Crippen LogP contribution is 2.19. The maximum Gasteiger partial charge on any atom is 0.241 e. The topological polar surface area (TPSA) is 67.4 Å². The Bertz CT molecular complexity index is 469. The van der Waals surface area contributed by atoms with Crippen LogP contribution in [0.1, 0.15) is 25.6 Å². The molecular weight excluding hydrogens is 284 g/mol. The zero-order valence-electron chi connectivity index (χ0n) is 11.6. The van der Waals surface area contributed by atoms with Gasteiger partial charge in [0.15, 0.2) is 0 Å². The lowest BCUT2D eigenvalue weighted by atomic mass is 10.4. The molecule has 1 rings (SSSR count). The van der Waals surface area contributed by atoms with Crippen molar-refractivity contribution < 1.29 is 13.2 Å². The lowest BCUT2D eigenvalue weighted by Crippen LogP contribution is -2.27. The van der Waals surface area contributed by atoms with Gasteiger partial charge >= 0.3 is 0 Å². The minimum Gasteiger partial charge on any atom is -0.380 e. The highest BCUT2D eigenvalue weighted by Gasteiger charge is 2.15. The molecule has 19 heavy (non-hydrogen) atoms. The summed E-state index contributed by atoms with van der Waals surface area (Å²) in [5, 5.41) is 4.93.